The number of nitrogens with zero attached hydrogens (tertiary/aromatic N) is 2. The number of aromatic nitrogens is 2. The quantitative estimate of drug-likeness (QED) is 0.144. The molecule has 0 fully saturated rings. The Kier molecular flexibility index (Phi) is 20.0. The maximum atomic E-state index is 2.24. The lowest BCUT2D eigenvalue weighted by Crippen LogP contribution is -1.84. The molecule has 0 spiro atoms. The van der Waals surface area contributed by atoms with Crippen LogP contribution in [0.5, 0.6) is 0 Å². The number of thiophene rings is 1. The standard InChI is InChI=1S/2C13H11N.C12H8S.3C7H8.2C2H6/c2*1-14-12-8-4-2-6-10(12)11-7-3-5-9-13(11)14;1-3-7-11-9(5-1)10-6-2-4-8-12(10)13-11;3*1-7-5-3-2-4-6-7;2*1-2/h2*2-9H,1H3;1-8H;3*2-6H,1H3;2*1-2H3. The molecular weight excluding hydrogens is 817 g/mol. The number of fused-ring (bicyclic) bond motifs is 9. The van der Waals surface area contributed by atoms with Crippen molar-refractivity contribution in [1.29, 1.82) is 0 Å². The maximum absolute atomic E-state index is 2.24. The van der Waals surface area contributed by atoms with Crippen molar-refractivity contribution in [2.45, 2.75) is 48.5 Å². The van der Waals surface area contributed by atoms with Gasteiger partial charge in [-0.15, -0.1) is 11.3 Å². The highest BCUT2D eigenvalue weighted by atomic mass is 32.1. The van der Waals surface area contributed by atoms with Crippen LogP contribution in [-0.4, -0.2) is 9.13 Å². The first-order valence-corrected chi connectivity index (χ1v) is 24.0. The summed E-state index contributed by atoms with van der Waals surface area (Å²) < 4.78 is 7.24. The highest BCUT2D eigenvalue weighted by Gasteiger charge is 2.06. The molecule has 3 aromatic heterocycles. The van der Waals surface area contributed by atoms with Gasteiger partial charge in [0.1, 0.15) is 0 Å². The van der Waals surface area contributed by atoms with E-state index in [-0.39, 0.29) is 0 Å². The summed E-state index contributed by atoms with van der Waals surface area (Å²) in [5.41, 5.74) is 9.16. The van der Waals surface area contributed by atoms with Crippen molar-refractivity contribution in [1.82, 2.24) is 9.13 Å². The number of benzene rings is 9. The summed E-state index contributed by atoms with van der Waals surface area (Å²) in [5.74, 6) is 0. The first kappa shape index (κ1) is 49.8. The predicted octanol–water partition coefficient (Wildman–Crippen LogP) is 18.8. The number of hydrogen-bond acceptors (Lipinski definition) is 1. The summed E-state index contributed by atoms with van der Waals surface area (Å²) in [4.78, 5) is 0. The molecule has 2 nitrogen and oxygen atoms in total. The zero-order valence-electron chi connectivity index (χ0n) is 40.3. The molecule has 3 heteroatoms. The molecule has 3 heterocycles. The normalized spacial score (nSPS) is 9.89. The third kappa shape index (κ3) is 13.4. The number of aryl methyl sites for hydroxylation is 5. The SMILES string of the molecule is CC.CC.Cc1ccccc1.Cc1ccccc1.Cc1ccccc1.Cn1c2ccccc2c2ccccc21.Cn1c2ccccc2c2ccccc21.c1ccc2c(c1)sc1ccccc12. The number of hydrogen-bond donors (Lipinski definition) is 0. The Morgan fingerprint density at radius 3 is 0.667 bits per heavy atom. The van der Waals surface area contributed by atoms with E-state index in [1.165, 1.54) is 80.5 Å². The van der Waals surface area contributed by atoms with E-state index in [1.807, 2.05) is 93.6 Å². The topological polar surface area (TPSA) is 9.86 Å². The third-order valence-electron chi connectivity index (χ3n) is 10.7. The number of rotatable bonds is 0. The molecule has 0 amide bonds. The minimum Gasteiger partial charge on any atom is -0.344 e. The van der Waals surface area contributed by atoms with Crippen LogP contribution in [0, 0.1) is 20.8 Å². The van der Waals surface area contributed by atoms with Gasteiger partial charge in [0.05, 0.1) is 0 Å². The Balaban J connectivity index is 0.000000150. The van der Waals surface area contributed by atoms with Crippen LogP contribution in [-0.2, 0) is 14.1 Å². The molecule has 0 aliphatic heterocycles. The molecule has 0 saturated heterocycles. The van der Waals surface area contributed by atoms with Crippen LogP contribution in [0.15, 0.2) is 237 Å². The van der Waals surface area contributed by atoms with Crippen LogP contribution < -0.4 is 0 Å². The second-order valence-corrected chi connectivity index (χ2v) is 16.3. The van der Waals surface area contributed by atoms with Crippen LogP contribution >= 0.6 is 11.3 Å². The maximum Gasteiger partial charge on any atom is 0.0488 e. The van der Waals surface area contributed by atoms with E-state index in [0.29, 0.717) is 0 Å². The Hall–Kier alpha value is -7.20. The van der Waals surface area contributed by atoms with Crippen molar-refractivity contribution >= 4 is 75.1 Å². The Morgan fingerprint density at radius 2 is 0.439 bits per heavy atom. The van der Waals surface area contributed by atoms with E-state index in [1.54, 1.807) is 0 Å². The van der Waals surface area contributed by atoms with Crippen molar-refractivity contribution < 1.29 is 0 Å². The van der Waals surface area contributed by atoms with Gasteiger partial charge in [-0.1, -0.05) is 245 Å². The van der Waals surface area contributed by atoms with Gasteiger partial charge >= 0.3 is 0 Å². The lowest BCUT2D eigenvalue weighted by atomic mass is 10.2. The third-order valence-corrected chi connectivity index (χ3v) is 11.9. The molecular formula is C63H66N2S. The average molecular weight is 883 g/mol. The molecule has 0 radical (unpaired) electrons. The highest BCUT2D eigenvalue weighted by molar-refractivity contribution is 7.25. The van der Waals surface area contributed by atoms with Gasteiger partial charge in [-0.2, -0.15) is 0 Å². The summed E-state index contributed by atoms with van der Waals surface area (Å²) >= 11 is 1.86. The lowest BCUT2D eigenvalue weighted by Gasteiger charge is -1.95. The van der Waals surface area contributed by atoms with E-state index in [0.717, 1.165) is 0 Å². The van der Waals surface area contributed by atoms with Gasteiger partial charge < -0.3 is 9.13 Å². The molecule has 0 atom stereocenters. The van der Waals surface area contributed by atoms with Gasteiger partial charge in [0.15, 0.2) is 0 Å². The molecule has 66 heavy (non-hydrogen) atoms. The van der Waals surface area contributed by atoms with E-state index >= 15 is 0 Å². The molecule has 0 aliphatic carbocycles. The van der Waals surface area contributed by atoms with Crippen molar-refractivity contribution in [3.8, 4) is 0 Å². The Bertz CT molecular complexity index is 2870. The summed E-state index contributed by atoms with van der Waals surface area (Å²) in [7, 11) is 4.23. The molecule has 0 aliphatic rings. The molecule has 0 N–H and O–H groups in total. The Labute approximate surface area is 398 Å². The van der Waals surface area contributed by atoms with Crippen molar-refractivity contribution in [2.75, 3.05) is 0 Å². The number of para-hydroxylation sites is 4. The fraction of sp³-hybridized carbons (Fsp3) is 0.143. The minimum atomic E-state index is 1.30. The summed E-state index contributed by atoms with van der Waals surface area (Å²) in [6, 6.07) is 82.0. The van der Waals surface area contributed by atoms with Crippen molar-refractivity contribution in [2.24, 2.45) is 14.1 Å². The largest absolute Gasteiger partial charge is 0.344 e. The smallest absolute Gasteiger partial charge is 0.0488 e. The first-order chi connectivity index (χ1) is 32.4. The first-order valence-electron chi connectivity index (χ1n) is 23.1. The van der Waals surface area contributed by atoms with Gasteiger partial charge in [0.25, 0.3) is 0 Å². The van der Waals surface area contributed by atoms with Crippen LogP contribution in [0.25, 0.3) is 63.8 Å². The van der Waals surface area contributed by atoms with Crippen LogP contribution in [0.1, 0.15) is 44.4 Å². The average Bonchev–Trinajstić information content (AvgIpc) is 4.01. The van der Waals surface area contributed by atoms with E-state index in [9.17, 15) is 0 Å². The Morgan fingerprint density at radius 1 is 0.242 bits per heavy atom. The summed E-state index contributed by atoms with van der Waals surface area (Å²) in [6.07, 6.45) is 0. The molecule has 0 saturated carbocycles. The molecule has 9 aromatic carbocycles. The van der Waals surface area contributed by atoms with Gasteiger partial charge in [0.2, 0.25) is 0 Å². The summed E-state index contributed by atoms with van der Waals surface area (Å²) in [6.45, 7) is 14.3. The molecule has 0 unspecified atom stereocenters. The van der Waals surface area contributed by atoms with Gasteiger partial charge in [-0.3, -0.25) is 0 Å². The van der Waals surface area contributed by atoms with Crippen molar-refractivity contribution in [3.05, 3.63) is 253 Å². The van der Waals surface area contributed by atoms with Crippen LogP contribution in [0.4, 0.5) is 0 Å². The lowest BCUT2D eigenvalue weighted by molar-refractivity contribution is 1.01. The van der Waals surface area contributed by atoms with E-state index in [2.05, 4.69) is 226 Å². The van der Waals surface area contributed by atoms with E-state index < -0.39 is 0 Å². The fourth-order valence-corrected chi connectivity index (χ4v) is 8.62. The zero-order chi connectivity index (χ0) is 47.1. The highest BCUT2D eigenvalue weighted by Crippen LogP contribution is 2.33. The second-order valence-electron chi connectivity index (χ2n) is 15.2. The van der Waals surface area contributed by atoms with Crippen molar-refractivity contribution in [3.63, 3.8) is 0 Å². The van der Waals surface area contributed by atoms with Crippen LogP contribution in [0.2, 0.25) is 0 Å². The van der Waals surface area contributed by atoms with Crippen LogP contribution in [0.3, 0.4) is 0 Å². The van der Waals surface area contributed by atoms with Gasteiger partial charge in [-0.05, 0) is 57.2 Å². The molecule has 334 valence electrons. The van der Waals surface area contributed by atoms with E-state index in [4.69, 9.17) is 0 Å². The fourth-order valence-electron chi connectivity index (χ4n) is 7.51. The summed E-state index contributed by atoms with van der Waals surface area (Å²) in [5, 5.41) is 8.11. The second kappa shape index (κ2) is 26.6. The zero-order valence-corrected chi connectivity index (χ0v) is 41.1. The molecule has 12 aromatic rings. The monoisotopic (exact) mass is 882 g/mol. The van der Waals surface area contributed by atoms with Gasteiger partial charge in [0, 0.05) is 77.9 Å². The minimum absolute atomic E-state index is 1.30. The molecule has 0 bridgehead atoms. The predicted molar refractivity (Wildman–Crippen MR) is 296 cm³/mol. The van der Waals surface area contributed by atoms with Gasteiger partial charge in [-0.25, -0.2) is 0 Å². The molecule has 12 rings (SSSR count).